The average Bonchev–Trinajstić information content (AvgIpc) is 3.25. The van der Waals surface area contributed by atoms with E-state index in [2.05, 4.69) is 10.6 Å². The molecule has 0 saturated carbocycles. The molecule has 1 heterocycles. The summed E-state index contributed by atoms with van der Waals surface area (Å²) in [6, 6.07) is 18.0. The summed E-state index contributed by atoms with van der Waals surface area (Å²) < 4.78 is 5.71. The van der Waals surface area contributed by atoms with E-state index < -0.39 is 30.1 Å². The minimum atomic E-state index is -1.01. The van der Waals surface area contributed by atoms with Gasteiger partial charge in [0.05, 0.1) is 6.04 Å². The van der Waals surface area contributed by atoms with Gasteiger partial charge >= 0.3 is 6.09 Å². The highest BCUT2D eigenvalue weighted by molar-refractivity contribution is 6.38. The van der Waals surface area contributed by atoms with E-state index in [1.54, 1.807) is 11.8 Å². The number of hydrogen-bond donors (Lipinski definition) is 2. The van der Waals surface area contributed by atoms with Crippen molar-refractivity contribution in [3.63, 3.8) is 0 Å². The zero-order chi connectivity index (χ0) is 29.1. The minimum absolute atomic E-state index is 0.0628. The molecule has 1 aliphatic heterocycles. The third kappa shape index (κ3) is 9.21. The monoisotopic (exact) mass is 549 g/mol. The van der Waals surface area contributed by atoms with E-state index in [0.29, 0.717) is 38.6 Å². The average molecular weight is 550 g/mol. The third-order valence-electron chi connectivity index (χ3n) is 7.26. The molecule has 8 heteroatoms. The van der Waals surface area contributed by atoms with E-state index in [1.807, 2.05) is 81.4 Å². The van der Waals surface area contributed by atoms with Gasteiger partial charge < -0.3 is 20.3 Å². The maximum atomic E-state index is 13.1. The first-order chi connectivity index (χ1) is 19.1. The molecule has 2 aromatic carbocycles. The van der Waals surface area contributed by atoms with Gasteiger partial charge in [0.15, 0.2) is 6.23 Å². The molecular formula is C32H43N3O5. The number of rotatable bonds is 13. The van der Waals surface area contributed by atoms with E-state index in [9.17, 15) is 19.2 Å². The van der Waals surface area contributed by atoms with Crippen LogP contribution in [0.1, 0.15) is 83.4 Å². The van der Waals surface area contributed by atoms with Gasteiger partial charge in [0.2, 0.25) is 11.7 Å². The normalized spacial score (nSPS) is 17.5. The Kier molecular flexibility index (Phi) is 11.3. The summed E-state index contributed by atoms with van der Waals surface area (Å²) in [7, 11) is 0. The van der Waals surface area contributed by atoms with Gasteiger partial charge in [-0.15, -0.1) is 0 Å². The summed E-state index contributed by atoms with van der Waals surface area (Å²) in [6.45, 7) is 8.32. The SMILES string of the molecule is CCCC[C@H](NC(=O)OC1CC(C)(C)CN1C(=O)CCCc1ccccc1)C(=O)C(=O)N[C@H](C)c1ccccc1. The van der Waals surface area contributed by atoms with Gasteiger partial charge in [-0.25, -0.2) is 4.79 Å². The lowest BCUT2D eigenvalue weighted by Gasteiger charge is -2.26. The fourth-order valence-electron chi connectivity index (χ4n) is 5.02. The summed E-state index contributed by atoms with van der Waals surface area (Å²) >= 11 is 0. The molecule has 3 atom stereocenters. The number of alkyl carbamates (subject to hydrolysis) is 1. The molecule has 3 amide bonds. The first kappa shape index (κ1) is 30.9. The predicted octanol–water partition coefficient (Wildman–Crippen LogP) is 5.33. The van der Waals surface area contributed by atoms with E-state index in [0.717, 1.165) is 18.4 Å². The minimum Gasteiger partial charge on any atom is -0.425 e. The van der Waals surface area contributed by atoms with Crippen LogP contribution in [0.5, 0.6) is 0 Å². The van der Waals surface area contributed by atoms with E-state index in [1.165, 1.54) is 5.56 Å². The topological polar surface area (TPSA) is 105 Å². The van der Waals surface area contributed by atoms with Gasteiger partial charge in [-0.1, -0.05) is 94.3 Å². The highest BCUT2D eigenvalue weighted by Crippen LogP contribution is 2.35. The Labute approximate surface area is 237 Å². The predicted molar refractivity (Wildman–Crippen MR) is 154 cm³/mol. The molecule has 40 heavy (non-hydrogen) atoms. The molecule has 216 valence electrons. The second-order valence-corrected chi connectivity index (χ2v) is 11.4. The largest absolute Gasteiger partial charge is 0.425 e. The number of ether oxygens (including phenoxy) is 1. The molecule has 1 unspecified atom stereocenters. The standard InChI is InChI=1S/C32H43N3O5/c1-5-6-19-26(29(37)30(38)33-23(2)25-17-11-8-12-18-25)34-31(39)40-28-21-32(3,4)22-35(28)27(36)20-13-16-24-14-9-7-10-15-24/h7-12,14-15,17-18,23,26,28H,5-6,13,16,19-22H2,1-4H3,(H,33,38)(H,34,39)/t23-,26+,28?/m1/s1. The maximum absolute atomic E-state index is 13.1. The number of unbranched alkanes of at least 4 members (excludes halogenated alkanes) is 1. The quantitative estimate of drug-likeness (QED) is 0.329. The van der Waals surface area contributed by atoms with Crippen LogP contribution in [0.25, 0.3) is 0 Å². The molecule has 0 aliphatic carbocycles. The van der Waals surface area contributed by atoms with Crippen LogP contribution < -0.4 is 10.6 Å². The van der Waals surface area contributed by atoms with Crippen LogP contribution in [-0.2, 0) is 25.5 Å². The summed E-state index contributed by atoms with van der Waals surface area (Å²) in [4.78, 5) is 53.5. The number of benzene rings is 2. The lowest BCUT2D eigenvalue weighted by molar-refractivity contribution is -0.140. The number of amides is 3. The number of nitrogens with one attached hydrogen (secondary N) is 2. The maximum Gasteiger partial charge on any atom is 0.409 e. The Morgan fingerprint density at radius 3 is 2.27 bits per heavy atom. The van der Waals surface area contributed by atoms with Crippen LogP contribution in [0, 0.1) is 5.41 Å². The lowest BCUT2D eigenvalue weighted by Crippen LogP contribution is -2.49. The molecule has 0 aromatic heterocycles. The van der Waals surface area contributed by atoms with Crippen molar-refractivity contribution in [3.05, 3.63) is 71.8 Å². The fraction of sp³-hybridized carbons (Fsp3) is 0.500. The van der Waals surface area contributed by atoms with Crippen molar-refractivity contribution in [1.29, 1.82) is 0 Å². The number of likely N-dealkylation sites (tertiary alicyclic amines) is 1. The first-order valence-electron chi connectivity index (χ1n) is 14.3. The zero-order valence-electron chi connectivity index (χ0n) is 24.2. The first-order valence-corrected chi connectivity index (χ1v) is 14.3. The number of hydrogen-bond acceptors (Lipinski definition) is 5. The number of Topliss-reactive ketones (excluding diaryl/α,β-unsaturated/α-hetero) is 1. The molecular weight excluding hydrogens is 506 g/mol. The summed E-state index contributed by atoms with van der Waals surface area (Å²) in [5.74, 6) is -1.53. The highest BCUT2D eigenvalue weighted by atomic mass is 16.6. The summed E-state index contributed by atoms with van der Waals surface area (Å²) in [5, 5.41) is 5.34. The van der Waals surface area contributed by atoms with Crippen LogP contribution >= 0.6 is 0 Å². The highest BCUT2D eigenvalue weighted by Gasteiger charge is 2.42. The van der Waals surface area contributed by atoms with Gasteiger partial charge in [0, 0.05) is 19.4 Å². The Balaban J connectivity index is 1.58. The van der Waals surface area contributed by atoms with Crippen molar-refractivity contribution in [2.45, 2.75) is 91.0 Å². The number of carbonyl (C=O) groups excluding carboxylic acids is 4. The van der Waals surface area contributed by atoms with Crippen molar-refractivity contribution < 1.29 is 23.9 Å². The Morgan fingerprint density at radius 1 is 0.975 bits per heavy atom. The van der Waals surface area contributed by atoms with E-state index in [4.69, 9.17) is 4.74 Å². The number of carbonyl (C=O) groups is 4. The van der Waals surface area contributed by atoms with Crippen LogP contribution in [0.4, 0.5) is 4.79 Å². The molecule has 8 nitrogen and oxygen atoms in total. The molecule has 3 rings (SSSR count). The van der Waals surface area contributed by atoms with Crippen molar-refractivity contribution in [1.82, 2.24) is 15.5 Å². The van der Waals surface area contributed by atoms with Gasteiger partial charge in [0.1, 0.15) is 6.04 Å². The third-order valence-corrected chi connectivity index (χ3v) is 7.26. The summed E-state index contributed by atoms with van der Waals surface area (Å²) in [6.07, 6.45) is 2.57. The number of nitrogens with zero attached hydrogens (tertiary/aromatic N) is 1. The van der Waals surface area contributed by atoms with Crippen LogP contribution in [0.2, 0.25) is 0 Å². The molecule has 0 radical (unpaired) electrons. The van der Waals surface area contributed by atoms with Crippen molar-refractivity contribution >= 4 is 23.7 Å². The molecule has 0 bridgehead atoms. The van der Waals surface area contributed by atoms with Gasteiger partial charge in [-0.2, -0.15) is 0 Å². The molecule has 1 aliphatic rings. The molecule has 0 spiro atoms. The van der Waals surface area contributed by atoms with Crippen LogP contribution in [-0.4, -0.2) is 47.4 Å². The van der Waals surface area contributed by atoms with Crippen molar-refractivity contribution in [2.24, 2.45) is 5.41 Å². The Morgan fingerprint density at radius 2 is 1.62 bits per heavy atom. The molecule has 1 fully saturated rings. The second-order valence-electron chi connectivity index (χ2n) is 11.4. The number of aryl methyl sites for hydroxylation is 1. The zero-order valence-corrected chi connectivity index (χ0v) is 24.2. The lowest BCUT2D eigenvalue weighted by atomic mass is 9.93. The molecule has 2 aromatic rings. The number of ketones is 1. The Bertz CT molecular complexity index is 1140. The van der Waals surface area contributed by atoms with Gasteiger partial charge in [0.25, 0.3) is 5.91 Å². The smallest absolute Gasteiger partial charge is 0.409 e. The van der Waals surface area contributed by atoms with Crippen LogP contribution in [0.15, 0.2) is 60.7 Å². The van der Waals surface area contributed by atoms with Crippen LogP contribution in [0.3, 0.4) is 0 Å². The Hall–Kier alpha value is -3.68. The molecule has 2 N–H and O–H groups in total. The molecule has 1 saturated heterocycles. The van der Waals surface area contributed by atoms with Crippen molar-refractivity contribution in [3.8, 4) is 0 Å². The van der Waals surface area contributed by atoms with Crippen molar-refractivity contribution in [2.75, 3.05) is 6.54 Å². The van der Waals surface area contributed by atoms with Gasteiger partial charge in [-0.3, -0.25) is 14.4 Å². The fourth-order valence-corrected chi connectivity index (χ4v) is 5.02. The second kappa shape index (κ2) is 14.6. The van der Waals surface area contributed by atoms with Gasteiger partial charge in [-0.05, 0) is 42.7 Å². The van der Waals surface area contributed by atoms with E-state index in [-0.39, 0.29) is 17.4 Å². The summed E-state index contributed by atoms with van der Waals surface area (Å²) in [5.41, 5.74) is 1.83. The van der Waals surface area contributed by atoms with E-state index >= 15 is 0 Å².